The SMILES string of the molecule is CCCNC(=S)Nc1nc(N2CCCC2)cc(N2CCCC[C@@H]2C)n1. The number of hydrogen-bond acceptors (Lipinski definition) is 5. The second kappa shape index (κ2) is 8.65. The lowest BCUT2D eigenvalue weighted by Crippen LogP contribution is -2.38. The van der Waals surface area contributed by atoms with Gasteiger partial charge in [-0.2, -0.15) is 9.97 Å². The Morgan fingerprint density at radius 3 is 2.60 bits per heavy atom. The quantitative estimate of drug-likeness (QED) is 0.780. The Balaban J connectivity index is 1.84. The summed E-state index contributed by atoms with van der Waals surface area (Å²) in [6.45, 7) is 8.48. The molecule has 25 heavy (non-hydrogen) atoms. The van der Waals surface area contributed by atoms with E-state index in [4.69, 9.17) is 22.2 Å². The smallest absolute Gasteiger partial charge is 0.232 e. The lowest BCUT2D eigenvalue weighted by Gasteiger charge is -2.35. The maximum atomic E-state index is 5.37. The fourth-order valence-electron chi connectivity index (χ4n) is 3.56. The van der Waals surface area contributed by atoms with Crippen molar-refractivity contribution < 1.29 is 0 Å². The summed E-state index contributed by atoms with van der Waals surface area (Å²) >= 11 is 5.37. The average Bonchev–Trinajstić information content (AvgIpc) is 3.15. The van der Waals surface area contributed by atoms with Crippen molar-refractivity contribution in [3.05, 3.63) is 6.07 Å². The summed E-state index contributed by atoms with van der Waals surface area (Å²) in [5.41, 5.74) is 0. The Kier molecular flexibility index (Phi) is 6.29. The Bertz CT molecular complexity index is 587. The molecule has 3 heterocycles. The molecule has 0 aliphatic carbocycles. The first-order valence-corrected chi connectivity index (χ1v) is 10.0. The molecule has 0 amide bonds. The third-order valence-electron chi connectivity index (χ3n) is 4.99. The van der Waals surface area contributed by atoms with Crippen LogP contribution in [0.2, 0.25) is 0 Å². The monoisotopic (exact) mass is 362 g/mol. The first kappa shape index (κ1) is 18.2. The zero-order chi connectivity index (χ0) is 17.6. The molecule has 2 N–H and O–H groups in total. The van der Waals surface area contributed by atoms with Crippen LogP contribution in [0.15, 0.2) is 6.07 Å². The molecule has 0 spiro atoms. The van der Waals surface area contributed by atoms with Crippen molar-refractivity contribution in [2.75, 3.05) is 41.3 Å². The Morgan fingerprint density at radius 1 is 1.16 bits per heavy atom. The summed E-state index contributed by atoms with van der Waals surface area (Å²) in [6.07, 6.45) is 7.26. The number of thiocarbonyl (C=S) groups is 1. The number of piperidine rings is 1. The molecule has 1 aromatic rings. The van der Waals surface area contributed by atoms with Crippen LogP contribution in [0.1, 0.15) is 52.4 Å². The maximum absolute atomic E-state index is 5.37. The summed E-state index contributed by atoms with van der Waals surface area (Å²) in [6, 6.07) is 2.67. The van der Waals surface area contributed by atoms with Crippen molar-refractivity contribution in [1.82, 2.24) is 15.3 Å². The van der Waals surface area contributed by atoms with Crippen LogP contribution in [-0.2, 0) is 0 Å². The van der Waals surface area contributed by atoms with Crippen molar-refractivity contribution in [3.8, 4) is 0 Å². The van der Waals surface area contributed by atoms with Gasteiger partial charge in [-0.3, -0.25) is 0 Å². The normalized spacial score (nSPS) is 20.6. The largest absolute Gasteiger partial charge is 0.362 e. The van der Waals surface area contributed by atoms with E-state index in [1.54, 1.807) is 0 Å². The molecule has 0 unspecified atom stereocenters. The van der Waals surface area contributed by atoms with Crippen LogP contribution < -0.4 is 20.4 Å². The van der Waals surface area contributed by atoms with Gasteiger partial charge in [-0.25, -0.2) is 0 Å². The van der Waals surface area contributed by atoms with Crippen LogP contribution in [0.3, 0.4) is 0 Å². The summed E-state index contributed by atoms with van der Waals surface area (Å²) in [5.74, 6) is 2.64. The molecule has 2 saturated heterocycles. The van der Waals surface area contributed by atoms with Crippen LogP contribution in [0, 0.1) is 0 Å². The van der Waals surface area contributed by atoms with Crippen molar-refractivity contribution in [1.29, 1.82) is 0 Å². The van der Waals surface area contributed by atoms with Gasteiger partial charge >= 0.3 is 0 Å². The van der Waals surface area contributed by atoms with Crippen molar-refractivity contribution in [3.63, 3.8) is 0 Å². The van der Waals surface area contributed by atoms with Crippen LogP contribution in [0.25, 0.3) is 0 Å². The fourth-order valence-corrected chi connectivity index (χ4v) is 3.75. The van der Waals surface area contributed by atoms with Gasteiger partial charge in [0.2, 0.25) is 5.95 Å². The molecule has 0 radical (unpaired) electrons. The Hall–Kier alpha value is -1.63. The van der Waals surface area contributed by atoms with Crippen LogP contribution >= 0.6 is 12.2 Å². The highest BCUT2D eigenvalue weighted by atomic mass is 32.1. The van der Waals surface area contributed by atoms with E-state index in [0.717, 1.165) is 44.2 Å². The molecule has 0 saturated carbocycles. The van der Waals surface area contributed by atoms with Crippen LogP contribution in [-0.4, -0.2) is 47.3 Å². The van der Waals surface area contributed by atoms with Gasteiger partial charge in [0.25, 0.3) is 0 Å². The lowest BCUT2D eigenvalue weighted by molar-refractivity contribution is 0.481. The molecule has 138 valence electrons. The van der Waals surface area contributed by atoms with E-state index in [-0.39, 0.29) is 0 Å². The number of rotatable bonds is 5. The van der Waals surface area contributed by atoms with Gasteiger partial charge in [0.15, 0.2) is 5.11 Å². The predicted molar refractivity (Wildman–Crippen MR) is 109 cm³/mol. The third-order valence-corrected chi connectivity index (χ3v) is 5.23. The molecule has 3 rings (SSSR count). The fraction of sp³-hybridized carbons (Fsp3) is 0.722. The maximum Gasteiger partial charge on any atom is 0.232 e. The molecule has 2 aliphatic heterocycles. The number of aromatic nitrogens is 2. The zero-order valence-electron chi connectivity index (χ0n) is 15.4. The van der Waals surface area contributed by atoms with E-state index >= 15 is 0 Å². The summed E-state index contributed by atoms with van der Waals surface area (Å²) in [7, 11) is 0. The van der Waals surface area contributed by atoms with Gasteiger partial charge in [-0.1, -0.05) is 6.92 Å². The number of nitrogens with one attached hydrogen (secondary N) is 2. The van der Waals surface area contributed by atoms with E-state index in [1.165, 1.54) is 32.1 Å². The molecule has 1 atom stereocenters. The molecular formula is C18H30N6S. The molecule has 2 fully saturated rings. The minimum absolute atomic E-state index is 0.521. The predicted octanol–water partition coefficient (Wildman–Crippen LogP) is 3.15. The second-order valence-electron chi connectivity index (χ2n) is 7.02. The van der Waals surface area contributed by atoms with Gasteiger partial charge in [0, 0.05) is 38.3 Å². The zero-order valence-corrected chi connectivity index (χ0v) is 16.2. The average molecular weight is 363 g/mol. The third kappa shape index (κ3) is 4.71. The lowest BCUT2D eigenvalue weighted by atomic mass is 10.0. The Morgan fingerprint density at radius 2 is 1.88 bits per heavy atom. The molecular weight excluding hydrogens is 332 g/mol. The van der Waals surface area contributed by atoms with E-state index < -0.39 is 0 Å². The molecule has 0 aromatic carbocycles. The summed E-state index contributed by atoms with van der Waals surface area (Å²) in [4.78, 5) is 14.3. The standard InChI is InChI=1S/C18H30N6S/c1-3-9-19-18(25)22-17-20-15(23-10-6-7-11-23)13-16(21-17)24-12-5-4-8-14(24)2/h13-14H,3-12H2,1-2H3,(H2,19,20,21,22,25)/t14-/m0/s1. The molecule has 2 aliphatic rings. The molecule has 0 bridgehead atoms. The van der Waals surface area contributed by atoms with Crippen LogP contribution in [0.4, 0.5) is 17.6 Å². The first-order chi connectivity index (χ1) is 12.2. The van der Waals surface area contributed by atoms with Crippen molar-refractivity contribution >= 4 is 34.9 Å². The molecule has 1 aromatic heterocycles. The minimum Gasteiger partial charge on any atom is -0.362 e. The van der Waals surface area contributed by atoms with E-state index in [2.05, 4.69) is 40.3 Å². The molecule has 7 heteroatoms. The Labute approximate surface area is 156 Å². The van der Waals surface area contributed by atoms with Crippen molar-refractivity contribution in [2.45, 2.75) is 58.4 Å². The van der Waals surface area contributed by atoms with Gasteiger partial charge < -0.3 is 20.4 Å². The number of nitrogens with zero attached hydrogens (tertiary/aromatic N) is 4. The topological polar surface area (TPSA) is 56.3 Å². The summed E-state index contributed by atoms with van der Waals surface area (Å²) in [5, 5.41) is 6.97. The second-order valence-corrected chi connectivity index (χ2v) is 7.43. The molecule has 6 nitrogen and oxygen atoms in total. The number of anilines is 3. The van der Waals surface area contributed by atoms with Gasteiger partial charge in [0.1, 0.15) is 11.6 Å². The van der Waals surface area contributed by atoms with Gasteiger partial charge in [-0.15, -0.1) is 0 Å². The minimum atomic E-state index is 0.521. The number of hydrogen-bond donors (Lipinski definition) is 2. The highest BCUT2D eigenvalue weighted by Gasteiger charge is 2.23. The van der Waals surface area contributed by atoms with E-state index in [0.29, 0.717) is 17.1 Å². The van der Waals surface area contributed by atoms with Gasteiger partial charge in [0.05, 0.1) is 0 Å². The first-order valence-electron chi connectivity index (χ1n) is 9.63. The van der Waals surface area contributed by atoms with E-state index in [9.17, 15) is 0 Å². The summed E-state index contributed by atoms with van der Waals surface area (Å²) < 4.78 is 0. The van der Waals surface area contributed by atoms with Crippen molar-refractivity contribution in [2.24, 2.45) is 0 Å². The highest BCUT2D eigenvalue weighted by molar-refractivity contribution is 7.80. The van der Waals surface area contributed by atoms with E-state index in [1.807, 2.05) is 0 Å². The van der Waals surface area contributed by atoms with Gasteiger partial charge in [-0.05, 0) is 57.7 Å². The highest BCUT2D eigenvalue weighted by Crippen LogP contribution is 2.28. The van der Waals surface area contributed by atoms with Crippen LogP contribution in [0.5, 0.6) is 0 Å².